The van der Waals surface area contributed by atoms with Crippen LogP contribution in [-0.4, -0.2) is 40.2 Å². The Morgan fingerprint density at radius 3 is 2.85 bits per heavy atom. The number of methoxy groups -OCH3 is 1. The van der Waals surface area contributed by atoms with Gasteiger partial charge in [0.2, 0.25) is 0 Å². The van der Waals surface area contributed by atoms with Crippen LogP contribution in [0, 0.1) is 6.92 Å². The minimum absolute atomic E-state index is 0.154. The maximum Gasteiger partial charge on any atom is 0.318 e. The average molecular weight is 370 g/mol. The topological polar surface area (TPSA) is 76.6 Å². The van der Waals surface area contributed by atoms with E-state index >= 15 is 0 Å². The van der Waals surface area contributed by atoms with Gasteiger partial charge in [0, 0.05) is 17.8 Å². The van der Waals surface area contributed by atoms with Crippen LogP contribution in [-0.2, 0) is 6.54 Å². The minimum Gasteiger partial charge on any atom is -0.497 e. The fourth-order valence-electron chi connectivity index (χ4n) is 3.15. The van der Waals surface area contributed by atoms with Gasteiger partial charge in [0.15, 0.2) is 0 Å². The van der Waals surface area contributed by atoms with E-state index in [-0.39, 0.29) is 12.1 Å². The van der Waals surface area contributed by atoms with Crippen molar-refractivity contribution < 1.29 is 14.3 Å². The minimum atomic E-state index is -0.524. The molecule has 2 heterocycles. The molecule has 0 saturated heterocycles. The molecule has 144 valence electrons. The molecule has 1 aromatic heterocycles. The standard InChI is InChI=1S/C20H26N4O3/c1-13(17-8-9-21-14(2)23-17)22-19(25)24-11-15-6-7-16(26-5)10-18(15)27-20(3,4)12-24/h6-10,13H,11-12H2,1-5H3,(H,22,25). The third-order valence-corrected chi connectivity index (χ3v) is 4.46. The van der Waals surface area contributed by atoms with Gasteiger partial charge >= 0.3 is 6.03 Å². The van der Waals surface area contributed by atoms with Crippen LogP contribution < -0.4 is 14.8 Å². The number of nitrogens with one attached hydrogen (secondary N) is 1. The van der Waals surface area contributed by atoms with Gasteiger partial charge in [0.25, 0.3) is 0 Å². The van der Waals surface area contributed by atoms with Crippen LogP contribution in [0.2, 0.25) is 0 Å². The lowest BCUT2D eigenvalue weighted by molar-refractivity contribution is 0.0800. The Kier molecular flexibility index (Phi) is 5.21. The lowest BCUT2D eigenvalue weighted by atomic mass is 10.1. The number of ether oxygens (including phenoxy) is 2. The smallest absolute Gasteiger partial charge is 0.318 e. The molecule has 27 heavy (non-hydrogen) atoms. The van der Waals surface area contributed by atoms with Gasteiger partial charge in [0.05, 0.1) is 31.9 Å². The zero-order chi connectivity index (χ0) is 19.6. The Morgan fingerprint density at radius 1 is 1.37 bits per heavy atom. The van der Waals surface area contributed by atoms with Crippen molar-refractivity contribution in [3.8, 4) is 11.5 Å². The summed E-state index contributed by atoms with van der Waals surface area (Å²) < 4.78 is 11.4. The van der Waals surface area contributed by atoms with E-state index in [2.05, 4.69) is 15.3 Å². The number of aryl methyl sites for hydroxylation is 1. The predicted molar refractivity (Wildman–Crippen MR) is 102 cm³/mol. The van der Waals surface area contributed by atoms with Crippen LogP contribution in [0.4, 0.5) is 4.79 Å². The molecule has 1 atom stereocenters. The van der Waals surface area contributed by atoms with Crippen molar-refractivity contribution in [3.05, 3.63) is 47.5 Å². The third-order valence-electron chi connectivity index (χ3n) is 4.46. The molecular formula is C20H26N4O3. The molecule has 1 N–H and O–H groups in total. The van der Waals surface area contributed by atoms with E-state index in [1.807, 2.05) is 52.0 Å². The Labute approximate surface area is 159 Å². The lowest BCUT2D eigenvalue weighted by Crippen LogP contribution is -2.47. The number of aromatic nitrogens is 2. The van der Waals surface area contributed by atoms with E-state index in [0.29, 0.717) is 18.9 Å². The van der Waals surface area contributed by atoms with E-state index in [0.717, 1.165) is 22.8 Å². The molecule has 1 unspecified atom stereocenters. The maximum absolute atomic E-state index is 12.9. The highest BCUT2D eigenvalue weighted by molar-refractivity contribution is 5.75. The molecule has 0 aliphatic carbocycles. The summed E-state index contributed by atoms with van der Waals surface area (Å²) in [6.07, 6.45) is 1.70. The van der Waals surface area contributed by atoms with Crippen molar-refractivity contribution >= 4 is 6.03 Å². The average Bonchev–Trinajstić information content (AvgIpc) is 2.75. The predicted octanol–water partition coefficient (Wildman–Crippen LogP) is 3.24. The lowest BCUT2D eigenvalue weighted by Gasteiger charge is -2.30. The Morgan fingerprint density at radius 2 is 2.15 bits per heavy atom. The highest BCUT2D eigenvalue weighted by atomic mass is 16.5. The molecule has 1 aromatic carbocycles. The number of rotatable bonds is 3. The maximum atomic E-state index is 12.9. The molecule has 0 fully saturated rings. The molecule has 7 nitrogen and oxygen atoms in total. The highest BCUT2D eigenvalue weighted by Crippen LogP contribution is 2.32. The molecule has 2 amide bonds. The summed E-state index contributed by atoms with van der Waals surface area (Å²) in [6, 6.07) is 7.12. The quantitative estimate of drug-likeness (QED) is 0.898. The number of benzene rings is 1. The van der Waals surface area contributed by atoms with E-state index in [1.165, 1.54) is 0 Å². The number of amides is 2. The first kappa shape index (κ1) is 18.9. The molecular weight excluding hydrogens is 344 g/mol. The van der Waals surface area contributed by atoms with E-state index in [1.54, 1.807) is 18.2 Å². The number of carbonyl (C=O) groups excluding carboxylic acids is 1. The Hall–Kier alpha value is -2.83. The number of fused-ring (bicyclic) bond motifs is 1. The third kappa shape index (κ3) is 4.48. The Balaban J connectivity index is 1.79. The van der Waals surface area contributed by atoms with Crippen LogP contribution in [0.3, 0.4) is 0 Å². The monoisotopic (exact) mass is 370 g/mol. The fraction of sp³-hybridized carbons (Fsp3) is 0.450. The van der Waals surface area contributed by atoms with Gasteiger partial charge in [-0.1, -0.05) is 0 Å². The molecule has 2 aromatic rings. The summed E-state index contributed by atoms with van der Waals surface area (Å²) in [5.74, 6) is 2.16. The summed E-state index contributed by atoms with van der Waals surface area (Å²) >= 11 is 0. The van der Waals surface area contributed by atoms with Crippen LogP contribution in [0.1, 0.15) is 43.9 Å². The van der Waals surface area contributed by atoms with Gasteiger partial charge in [-0.2, -0.15) is 0 Å². The summed E-state index contributed by atoms with van der Waals surface area (Å²) in [6.45, 7) is 8.61. The SMILES string of the molecule is COc1ccc2c(c1)OC(C)(C)CN(C(=O)NC(C)c1ccnc(C)n1)C2. The summed E-state index contributed by atoms with van der Waals surface area (Å²) in [7, 11) is 1.62. The fourth-order valence-corrected chi connectivity index (χ4v) is 3.15. The van der Waals surface area contributed by atoms with Gasteiger partial charge in [0.1, 0.15) is 22.9 Å². The van der Waals surface area contributed by atoms with E-state index in [4.69, 9.17) is 9.47 Å². The molecule has 1 aliphatic rings. The first-order valence-electron chi connectivity index (χ1n) is 8.98. The number of nitrogens with zero attached hydrogens (tertiary/aromatic N) is 3. The zero-order valence-electron chi connectivity index (χ0n) is 16.4. The van der Waals surface area contributed by atoms with Gasteiger partial charge in [-0.25, -0.2) is 14.8 Å². The number of urea groups is 1. The summed E-state index contributed by atoms with van der Waals surface area (Å²) in [4.78, 5) is 23.2. The van der Waals surface area contributed by atoms with Crippen LogP contribution in [0.15, 0.2) is 30.5 Å². The first-order chi connectivity index (χ1) is 12.8. The van der Waals surface area contributed by atoms with Crippen LogP contribution in [0.25, 0.3) is 0 Å². The van der Waals surface area contributed by atoms with Gasteiger partial charge in [-0.15, -0.1) is 0 Å². The molecule has 0 bridgehead atoms. The Bertz CT molecular complexity index is 838. The van der Waals surface area contributed by atoms with Crippen molar-refractivity contribution in [1.29, 1.82) is 0 Å². The van der Waals surface area contributed by atoms with E-state index < -0.39 is 5.60 Å². The molecule has 0 radical (unpaired) electrons. The number of hydrogen-bond acceptors (Lipinski definition) is 5. The van der Waals surface area contributed by atoms with E-state index in [9.17, 15) is 4.79 Å². The second kappa shape index (κ2) is 7.42. The number of carbonyl (C=O) groups is 1. The second-order valence-electron chi connectivity index (χ2n) is 7.39. The summed E-state index contributed by atoms with van der Waals surface area (Å²) in [5, 5.41) is 3.03. The van der Waals surface area contributed by atoms with Gasteiger partial charge in [-0.05, 0) is 45.9 Å². The highest BCUT2D eigenvalue weighted by Gasteiger charge is 2.32. The second-order valence-corrected chi connectivity index (χ2v) is 7.39. The van der Waals surface area contributed by atoms with Crippen molar-refractivity contribution in [1.82, 2.24) is 20.2 Å². The van der Waals surface area contributed by atoms with Crippen molar-refractivity contribution in [3.63, 3.8) is 0 Å². The first-order valence-corrected chi connectivity index (χ1v) is 8.98. The number of hydrogen-bond donors (Lipinski definition) is 1. The normalized spacial score (nSPS) is 16.6. The molecule has 0 spiro atoms. The van der Waals surface area contributed by atoms with Gasteiger partial charge < -0.3 is 19.7 Å². The van der Waals surface area contributed by atoms with Crippen LogP contribution in [0.5, 0.6) is 11.5 Å². The van der Waals surface area contributed by atoms with Crippen molar-refractivity contribution in [2.75, 3.05) is 13.7 Å². The molecule has 1 aliphatic heterocycles. The zero-order valence-corrected chi connectivity index (χ0v) is 16.4. The van der Waals surface area contributed by atoms with Gasteiger partial charge in [-0.3, -0.25) is 0 Å². The van der Waals surface area contributed by atoms with Crippen molar-refractivity contribution in [2.24, 2.45) is 0 Å². The largest absolute Gasteiger partial charge is 0.497 e. The summed E-state index contributed by atoms with van der Waals surface area (Å²) in [5.41, 5.74) is 1.21. The molecule has 3 rings (SSSR count). The van der Waals surface area contributed by atoms with Crippen LogP contribution >= 0.6 is 0 Å². The van der Waals surface area contributed by atoms with Crippen molar-refractivity contribution in [2.45, 2.75) is 45.9 Å². The molecule has 0 saturated carbocycles. The molecule has 7 heteroatoms.